The van der Waals surface area contributed by atoms with Crippen LogP contribution in [0, 0.1) is 23.7 Å². The second-order valence-corrected chi connectivity index (χ2v) is 4.58. The minimum absolute atomic E-state index is 0.0276. The predicted molar refractivity (Wildman–Crippen MR) is 83.5 cm³/mol. The van der Waals surface area contributed by atoms with E-state index in [1.54, 1.807) is 13.0 Å². The van der Waals surface area contributed by atoms with Gasteiger partial charge in [-0.25, -0.2) is 0 Å². The first-order valence-corrected chi connectivity index (χ1v) is 7.12. The van der Waals surface area contributed by atoms with E-state index >= 15 is 0 Å². The van der Waals surface area contributed by atoms with E-state index in [9.17, 15) is 4.79 Å². The summed E-state index contributed by atoms with van der Waals surface area (Å²) in [5.41, 5.74) is 0.955. The highest BCUT2D eigenvalue weighted by molar-refractivity contribution is 5.76. The molecule has 22 heavy (non-hydrogen) atoms. The molecule has 0 spiro atoms. The normalized spacial score (nSPS) is 10.9. The van der Waals surface area contributed by atoms with Crippen molar-refractivity contribution in [2.24, 2.45) is 0 Å². The molecule has 0 saturated carbocycles. The molecule has 0 aliphatic rings. The van der Waals surface area contributed by atoms with E-state index in [-0.39, 0.29) is 18.6 Å². The molecule has 5 heteroatoms. The Kier molecular flexibility index (Phi) is 7.36. The van der Waals surface area contributed by atoms with E-state index in [1.165, 1.54) is 0 Å². The van der Waals surface area contributed by atoms with E-state index in [2.05, 4.69) is 11.2 Å². The molecular formula is C17H20N2O3. The van der Waals surface area contributed by atoms with Gasteiger partial charge in [-0.05, 0) is 38.0 Å². The van der Waals surface area contributed by atoms with Gasteiger partial charge in [0.1, 0.15) is 6.54 Å². The van der Waals surface area contributed by atoms with Crippen molar-refractivity contribution in [3.8, 4) is 29.9 Å². The number of amides is 1. The molecule has 1 amide bonds. The SMILES string of the molecule is C#CC(C)Oc1ccc(CCC(=O)NCC#N)cc1OCC. The average Bonchev–Trinajstić information content (AvgIpc) is 2.53. The Hall–Kier alpha value is -2.66. The number of nitrogens with one attached hydrogen (secondary N) is 1. The van der Waals surface area contributed by atoms with Crippen molar-refractivity contribution in [1.29, 1.82) is 5.26 Å². The number of benzene rings is 1. The lowest BCUT2D eigenvalue weighted by Crippen LogP contribution is -2.23. The third kappa shape index (κ3) is 5.76. The molecule has 0 heterocycles. The van der Waals surface area contributed by atoms with Crippen molar-refractivity contribution >= 4 is 5.91 Å². The number of terminal acetylenes is 1. The summed E-state index contributed by atoms with van der Waals surface area (Å²) >= 11 is 0. The first-order chi connectivity index (χ1) is 10.6. The van der Waals surface area contributed by atoms with Gasteiger partial charge in [-0.3, -0.25) is 4.79 Å². The van der Waals surface area contributed by atoms with Gasteiger partial charge >= 0.3 is 0 Å². The third-order valence-corrected chi connectivity index (χ3v) is 2.85. The molecule has 0 aliphatic carbocycles. The summed E-state index contributed by atoms with van der Waals surface area (Å²) in [6.45, 7) is 4.20. The summed E-state index contributed by atoms with van der Waals surface area (Å²) in [5.74, 6) is 3.55. The lowest BCUT2D eigenvalue weighted by Gasteiger charge is -2.15. The van der Waals surface area contributed by atoms with Crippen LogP contribution in [0.15, 0.2) is 18.2 Å². The van der Waals surface area contributed by atoms with Crippen LogP contribution in [0.1, 0.15) is 25.8 Å². The van der Waals surface area contributed by atoms with Gasteiger partial charge in [-0.15, -0.1) is 6.42 Å². The van der Waals surface area contributed by atoms with Crippen molar-refractivity contribution in [2.75, 3.05) is 13.2 Å². The molecule has 0 saturated heterocycles. The van der Waals surface area contributed by atoms with Gasteiger partial charge in [0.15, 0.2) is 17.6 Å². The molecule has 0 aliphatic heterocycles. The van der Waals surface area contributed by atoms with Crippen LogP contribution in [-0.4, -0.2) is 25.2 Å². The molecule has 5 nitrogen and oxygen atoms in total. The van der Waals surface area contributed by atoms with Crippen LogP contribution in [0.3, 0.4) is 0 Å². The van der Waals surface area contributed by atoms with Gasteiger partial charge < -0.3 is 14.8 Å². The zero-order chi connectivity index (χ0) is 16.4. The number of hydrogen-bond acceptors (Lipinski definition) is 4. The number of nitriles is 1. The molecule has 1 unspecified atom stereocenters. The van der Waals surface area contributed by atoms with Crippen molar-refractivity contribution in [2.45, 2.75) is 32.8 Å². The van der Waals surface area contributed by atoms with Gasteiger partial charge in [0.25, 0.3) is 0 Å². The summed E-state index contributed by atoms with van der Waals surface area (Å²) in [6.07, 6.45) is 5.84. The number of aryl methyl sites for hydroxylation is 1. The van der Waals surface area contributed by atoms with Gasteiger partial charge in [0.05, 0.1) is 12.7 Å². The molecule has 0 radical (unpaired) electrons. The molecule has 0 bridgehead atoms. The second-order valence-electron chi connectivity index (χ2n) is 4.58. The fraction of sp³-hybridized carbons (Fsp3) is 0.412. The Labute approximate surface area is 131 Å². The lowest BCUT2D eigenvalue weighted by molar-refractivity contribution is -0.120. The van der Waals surface area contributed by atoms with Gasteiger partial charge in [0.2, 0.25) is 5.91 Å². The minimum atomic E-state index is -0.346. The number of hydrogen-bond donors (Lipinski definition) is 1. The number of carbonyl (C=O) groups excluding carboxylic acids is 1. The van der Waals surface area contributed by atoms with Crippen LogP contribution < -0.4 is 14.8 Å². The fourth-order valence-electron chi connectivity index (χ4n) is 1.78. The molecule has 1 aromatic carbocycles. The zero-order valence-electron chi connectivity index (χ0n) is 12.9. The topological polar surface area (TPSA) is 71.3 Å². The first kappa shape index (κ1) is 17.4. The Morgan fingerprint density at radius 3 is 2.86 bits per heavy atom. The Morgan fingerprint density at radius 2 is 2.23 bits per heavy atom. The highest BCUT2D eigenvalue weighted by Crippen LogP contribution is 2.29. The van der Waals surface area contributed by atoms with E-state index in [4.69, 9.17) is 21.2 Å². The van der Waals surface area contributed by atoms with Gasteiger partial charge in [-0.2, -0.15) is 5.26 Å². The number of carbonyl (C=O) groups is 1. The minimum Gasteiger partial charge on any atom is -0.490 e. The predicted octanol–water partition coefficient (Wildman–Crippen LogP) is 2.06. The monoisotopic (exact) mass is 300 g/mol. The standard InChI is InChI=1S/C17H20N2O3/c1-4-13(3)22-15-8-6-14(12-16(15)21-5-2)7-9-17(20)19-11-10-18/h1,6,8,12-13H,5,7,9,11H2,2-3H3,(H,19,20). The number of ether oxygens (including phenoxy) is 2. The fourth-order valence-corrected chi connectivity index (χ4v) is 1.78. The van der Waals surface area contributed by atoms with E-state index in [1.807, 2.05) is 25.1 Å². The Balaban J connectivity index is 2.73. The maximum atomic E-state index is 11.5. The van der Waals surface area contributed by atoms with E-state index in [0.717, 1.165) is 5.56 Å². The lowest BCUT2D eigenvalue weighted by atomic mass is 10.1. The van der Waals surface area contributed by atoms with Crippen LogP contribution >= 0.6 is 0 Å². The van der Waals surface area contributed by atoms with Crippen LogP contribution in [0.4, 0.5) is 0 Å². The summed E-state index contributed by atoms with van der Waals surface area (Å²) in [6, 6.07) is 7.38. The molecule has 1 atom stereocenters. The van der Waals surface area contributed by atoms with E-state index in [0.29, 0.717) is 30.9 Å². The highest BCUT2D eigenvalue weighted by Gasteiger charge is 2.10. The highest BCUT2D eigenvalue weighted by atomic mass is 16.5. The smallest absolute Gasteiger partial charge is 0.221 e. The third-order valence-electron chi connectivity index (χ3n) is 2.85. The average molecular weight is 300 g/mol. The molecule has 1 rings (SSSR count). The summed E-state index contributed by atoms with van der Waals surface area (Å²) < 4.78 is 11.2. The van der Waals surface area contributed by atoms with Crippen molar-refractivity contribution < 1.29 is 14.3 Å². The van der Waals surface area contributed by atoms with Gasteiger partial charge in [-0.1, -0.05) is 12.0 Å². The summed E-state index contributed by atoms with van der Waals surface area (Å²) in [4.78, 5) is 11.5. The van der Waals surface area contributed by atoms with Crippen molar-refractivity contribution in [1.82, 2.24) is 5.32 Å². The summed E-state index contributed by atoms with van der Waals surface area (Å²) in [7, 11) is 0. The molecular weight excluding hydrogens is 280 g/mol. The Bertz CT molecular complexity index is 585. The first-order valence-electron chi connectivity index (χ1n) is 7.12. The molecule has 116 valence electrons. The van der Waals surface area contributed by atoms with Crippen LogP contribution in [0.25, 0.3) is 0 Å². The Morgan fingerprint density at radius 1 is 1.45 bits per heavy atom. The van der Waals surface area contributed by atoms with Crippen LogP contribution in [-0.2, 0) is 11.2 Å². The molecule has 0 fully saturated rings. The maximum absolute atomic E-state index is 11.5. The molecule has 0 aromatic heterocycles. The van der Waals surface area contributed by atoms with E-state index < -0.39 is 0 Å². The quantitative estimate of drug-likeness (QED) is 0.589. The maximum Gasteiger partial charge on any atom is 0.221 e. The van der Waals surface area contributed by atoms with Gasteiger partial charge in [0, 0.05) is 6.42 Å². The van der Waals surface area contributed by atoms with Crippen molar-refractivity contribution in [3.63, 3.8) is 0 Å². The molecule has 1 aromatic rings. The van der Waals surface area contributed by atoms with Crippen molar-refractivity contribution in [3.05, 3.63) is 23.8 Å². The van der Waals surface area contributed by atoms with Crippen LogP contribution in [0.5, 0.6) is 11.5 Å². The zero-order valence-corrected chi connectivity index (χ0v) is 12.9. The second kappa shape index (κ2) is 9.31. The number of nitrogens with zero attached hydrogens (tertiary/aromatic N) is 1. The summed E-state index contributed by atoms with van der Waals surface area (Å²) in [5, 5.41) is 10.9. The number of rotatable bonds is 8. The molecule has 1 N–H and O–H groups in total. The van der Waals surface area contributed by atoms with Crippen LogP contribution in [0.2, 0.25) is 0 Å². The largest absolute Gasteiger partial charge is 0.490 e.